The minimum atomic E-state index is 0.136. The molecule has 24 heavy (non-hydrogen) atoms. The predicted octanol–water partition coefficient (Wildman–Crippen LogP) is 2.93. The van der Waals surface area contributed by atoms with Gasteiger partial charge in [-0.2, -0.15) is 0 Å². The number of rotatable bonds is 7. The minimum Gasteiger partial charge on any atom is -0.340 e. The third-order valence-electron chi connectivity index (χ3n) is 5.95. The largest absolute Gasteiger partial charge is 0.340 e. The highest BCUT2D eigenvalue weighted by Gasteiger charge is 2.23. The second-order valence-corrected chi connectivity index (χ2v) is 8.45. The van der Waals surface area contributed by atoms with Gasteiger partial charge in [0.25, 0.3) is 0 Å². The van der Waals surface area contributed by atoms with Crippen molar-refractivity contribution in [1.82, 2.24) is 14.7 Å². The van der Waals surface area contributed by atoms with Gasteiger partial charge in [-0.05, 0) is 63.7 Å². The molecule has 0 aromatic rings. The van der Waals surface area contributed by atoms with E-state index in [0.717, 1.165) is 38.0 Å². The zero-order valence-electron chi connectivity index (χ0n) is 16.5. The molecule has 1 amide bonds. The van der Waals surface area contributed by atoms with E-state index in [-0.39, 0.29) is 5.92 Å². The van der Waals surface area contributed by atoms with Crippen molar-refractivity contribution < 1.29 is 4.79 Å². The lowest BCUT2D eigenvalue weighted by Gasteiger charge is -2.36. The first kappa shape index (κ1) is 19.7. The molecule has 0 radical (unpaired) electrons. The molecule has 0 aromatic carbocycles. The van der Waals surface area contributed by atoms with Crippen LogP contribution in [0.5, 0.6) is 0 Å². The molecule has 4 nitrogen and oxygen atoms in total. The molecular formula is C20H39N3O. The number of hydrogen-bond acceptors (Lipinski definition) is 3. The molecule has 0 atom stereocenters. The van der Waals surface area contributed by atoms with Crippen LogP contribution >= 0.6 is 0 Å². The van der Waals surface area contributed by atoms with Crippen LogP contribution in [-0.2, 0) is 4.79 Å². The Balaban J connectivity index is 1.52. The Morgan fingerprint density at radius 1 is 0.833 bits per heavy atom. The Morgan fingerprint density at radius 2 is 1.33 bits per heavy atom. The van der Waals surface area contributed by atoms with Crippen molar-refractivity contribution >= 4 is 5.91 Å². The Morgan fingerprint density at radius 3 is 1.79 bits per heavy atom. The van der Waals surface area contributed by atoms with E-state index in [1.54, 1.807) is 0 Å². The molecule has 2 aliphatic heterocycles. The van der Waals surface area contributed by atoms with Gasteiger partial charge in [-0.15, -0.1) is 0 Å². The Bertz CT molecular complexity index is 367. The maximum atomic E-state index is 12.0. The van der Waals surface area contributed by atoms with Crippen LogP contribution in [0.15, 0.2) is 0 Å². The fraction of sp³-hybridized carbons (Fsp3) is 0.950. The summed E-state index contributed by atoms with van der Waals surface area (Å²) in [6.45, 7) is 17.8. The van der Waals surface area contributed by atoms with Gasteiger partial charge < -0.3 is 9.80 Å². The highest BCUT2D eigenvalue weighted by atomic mass is 16.2. The molecule has 2 heterocycles. The standard InChI is InChI=1S/C20H39N3O/c1-17(2)19-7-11-21(12-8-19)9-5-6-10-22-13-15-23(16-14-22)20(24)18(3)4/h17-19H,5-16H2,1-4H3. The maximum Gasteiger partial charge on any atom is 0.225 e. The molecule has 0 unspecified atom stereocenters. The van der Waals surface area contributed by atoms with Crippen LogP contribution in [0.2, 0.25) is 0 Å². The van der Waals surface area contributed by atoms with Crippen molar-refractivity contribution in [1.29, 1.82) is 0 Å². The lowest BCUT2D eigenvalue weighted by atomic mass is 9.87. The second kappa shape index (κ2) is 9.76. The van der Waals surface area contributed by atoms with Gasteiger partial charge in [0.15, 0.2) is 0 Å². The number of hydrogen-bond donors (Lipinski definition) is 0. The summed E-state index contributed by atoms with van der Waals surface area (Å²) in [6, 6.07) is 0. The van der Waals surface area contributed by atoms with Crippen molar-refractivity contribution in [3.8, 4) is 0 Å². The van der Waals surface area contributed by atoms with Gasteiger partial charge in [0.05, 0.1) is 0 Å². The lowest BCUT2D eigenvalue weighted by molar-refractivity contribution is -0.136. The lowest BCUT2D eigenvalue weighted by Crippen LogP contribution is -2.50. The molecule has 0 saturated carbocycles. The van der Waals surface area contributed by atoms with Gasteiger partial charge >= 0.3 is 0 Å². The molecule has 2 aliphatic rings. The first-order valence-corrected chi connectivity index (χ1v) is 10.2. The first-order valence-electron chi connectivity index (χ1n) is 10.2. The average Bonchev–Trinajstić information content (AvgIpc) is 2.59. The fourth-order valence-electron chi connectivity index (χ4n) is 4.07. The fourth-order valence-corrected chi connectivity index (χ4v) is 4.07. The molecule has 0 spiro atoms. The number of piperidine rings is 1. The normalized spacial score (nSPS) is 21.8. The molecule has 0 aliphatic carbocycles. The summed E-state index contributed by atoms with van der Waals surface area (Å²) in [5.74, 6) is 2.26. The van der Waals surface area contributed by atoms with Gasteiger partial charge in [0, 0.05) is 32.1 Å². The number of amides is 1. The van der Waals surface area contributed by atoms with Crippen molar-refractivity contribution in [3.63, 3.8) is 0 Å². The van der Waals surface area contributed by atoms with Gasteiger partial charge in [-0.25, -0.2) is 0 Å². The number of carbonyl (C=O) groups excluding carboxylic acids is 1. The quantitative estimate of drug-likeness (QED) is 0.668. The highest BCUT2D eigenvalue weighted by molar-refractivity contribution is 5.78. The predicted molar refractivity (Wildman–Crippen MR) is 101 cm³/mol. The molecule has 0 N–H and O–H groups in total. The van der Waals surface area contributed by atoms with Crippen LogP contribution in [0.3, 0.4) is 0 Å². The number of piperazine rings is 1. The summed E-state index contributed by atoms with van der Waals surface area (Å²) < 4.78 is 0. The number of likely N-dealkylation sites (tertiary alicyclic amines) is 1. The summed E-state index contributed by atoms with van der Waals surface area (Å²) in [7, 11) is 0. The summed E-state index contributed by atoms with van der Waals surface area (Å²) in [5, 5.41) is 0. The van der Waals surface area contributed by atoms with Crippen LogP contribution in [-0.4, -0.2) is 73.0 Å². The van der Waals surface area contributed by atoms with Gasteiger partial charge in [0.2, 0.25) is 5.91 Å². The molecule has 140 valence electrons. The zero-order chi connectivity index (χ0) is 17.5. The second-order valence-electron chi connectivity index (χ2n) is 8.45. The summed E-state index contributed by atoms with van der Waals surface area (Å²) in [6.07, 6.45) is 5.40. The minimum absolute atomic E-state index is 0.136. The van der Waals surface area contributed by atoms with E-state index >= 15 is 0 Å². The van der Waals surface area contributed by atoms with Crippen molar-refractivity contribution in [2.24, 2.45) is 17.8 Å². The van der Waals surface area contributed by atoms with Gasteiger partial charge in [0.1, 0.15) is 0 Å². The Labute approximate surface area is 149 Å². The average molecular weight is 338 g/mol. The van der Waals surface area contributed by atoms with E-state index in [0.29, 0.717) is 5.91 Å². The molecule has 2 rings (SSSR count). The molecule has 2 fully saturated rings. The third-order valence-corrected chi connectivity index (χ3v) is 5.95. The number of unbranched alkanes of at least 4 members (excludes halogenated alkanes) is 1. The van der Waals surface area contributed by atoms with E-state index < -0.39 is 0 Å². The molecule has 4 heteroatoms. The highest BCUT2D eigenvalue weighted by Crippen LogP contribution is 2.24. The summed E-state index contributed by atoms with van der Waals surface area (Å²) >= 11 is 0. The smallest absolute Gasteiger partial charge is 0.225 e. The number of carbonyl (C=O) groups is 1. The monoisotopic (exact) mass is 337 g/mol. The van der Waals surface area contributed by atoms with E-state index in [2.05, 4.69) is 23.6 Å². The van der Waals surface area contributed by atoms with Crippen LogP contribution in [0.4, 0.5) is 0 Å². The van der Waals surface area contributed by atoms with Crippen LogP contribution in [0.25, 0.3) is 0 Å². The van der Waals surface area contributed by atoms with Crippen LogP contribution < -0.4 is 0 Å². The topological polar surface area (TPSA) is 26.8 Å². The SMILES string of the molecule is CC(C)C(=O)N1CCN(CCCCN2CCC(C(C)C)CC2)CC1. The molecule has 0 aromatic heterocycles. The van der Waals surface area contributed by atoms with Gasteiger partial charge in [-0.1, -0.05) is 27.7 Å². The van der Waals surface area contributed by atoms with E-state index in [1.165, 1.54) is 51.9 Å². The van der Waals surface area contributed by atoms with Crippen LogP contribution in [0, 0.1) is 17.8 Å². The Kier molecular flexibility index (Phi) is 8.02. The van der Waals surface area contributed by atoms with Crippen LogP contribution in [0.1, 0.15) is 53.4 Å². The van der Waals surface area contributed by atoms with Crippen molar-refractivity contribution in [2.45, 2.75) is 53.4 Å². The third kappa shape index (κ3) is 6.03. The van der Waals surface area contributed by atoms with Crippen molar-refractivity contribution in [2.75, 3.05) is 52.4 Å². The van der Waals surface area contributed by atoms with E-state index in [9.17, 15) is 4.79 Å². The summed E-state index contributed by atoms with van der Waals surface area (Å²) in [5.41, 5.74) is 0. The molecule has 2 saturated heterocycles. The van der Waals surface area contributed by atoms with E-state index in [4.69, 9.17) is 0 Å². The van der Waals surface area contributed by atoms with E-state index in [1.807, 2.05) is 18.7 Å². The Hall–Kier alpha value is -0.610. The molecule has 0 bridgehead atoms. The zero-order valence-corrected chi connectivity index (χ0v) is 16.5. The molecular weight excluding hydrogens is 298 g/mol. The number of nitrogens with zero attached hydrogens (tertiary/aromatic N) is 3. The van der Waals surface area contributed by atoms with Crippen molar-refractivity contribution in [3.05, 3.63) is 0 Å². The maximum absolute atomic E-state index is 12.0. The summed E-state index contributed by atoms with van der Waals surface area (Å²) in [4.78, 5) is 19.3. The van der Waals surface area contributed by atoms with Gasteiger partial charge in [-0.3, -0.25) is 9.69 Å². The first-order chi connectivity index (χ1) is 11.5.